The van der Waals surface area contributed by atoms with E-state index in [4.69, 9.17) is 4.74 Å². The van der Waals surface area contributed by atoms with Crippen molar-refractivity contribution in [3.63, 3.8) is 0 Å². The van der Waals surface area contributed by atoms with Crippen molar-refractivity contribution >= 4 is 23.5 Å². The molecule has 1 aliphatic rings. The molecule has 2 rings (SSSR count). The maximum atomic E-state index is 13.2. The summed E-state index contributed by atoms with van der Waals surface area (Å²) in [6.07, 6.45) is -5.48. The quantitative estimate of drug-likeness (QED) is 0.796. The van der Waals surface area contributed by atoms with E-state index in [0.29, 0.717) is 4.90 Å². The van der Waals surface area contributed by atoms with Crippen LogP contribution in [0.4, 0.5) is 23.7 Å². The Bertz CT molecular complexity index is 543. The van der Waals surface area contributed by atoms with E-state index < -0.39 is 23.5 Å². The van der Waals surface area contributed by atoms with Crippen molar-refractivity contribution in [2.75, 3.05) is 4.90 Å². The smallest absolute Gasteiger partial charge is 0.444 e. The van der Waals surface area contributed by atoms with Gasteiger partial charge in [0.2, 0.25) is 0 Å². The number of hydrogen-bond acceptors (Lipinski definition) is 4. The lowest BCUT2D eigenvalue weighted by molar-refractivity contribution is -0.131. The van der Waals surface area contributed by atoms with Crippen LogP contribution in [0.5, 0.6) is 0 Å². The molecule has 0 aliphatic carbocycles. The minimum Gasteiger partial charge on any atom is -0.444 e. The third-order valence-electron chi connectivity index (χ3n) is 2.51. The van der Waals surface area contributed by atoms with Gasteiger partial charge in [-0.3, -0.25) is 10.2 Å². The van der Waals surface area contributed by atoms with Crippen molar-refractivity contribution in [2.45, 2.75) is 43.1 Å². The Morgan fingerprint density at radius 1 is 1.29 bits per heavy atom. The van der Waals surface area contributed by atoms with Crippen LogP contribution in [0, 0.1) is 0 Å². The first-order chi connectivity index (χ1) is 9.58. The monoisotopic (exact) mass is 320 g/mol. The number of alkyl halides is 3. The summed E-state index contributed by atoms with van der Waals surface area (Å²) in [6.45, 7) is 4.93. The summed E-state index contributed by atoms with van der Waals surface area (Å²) in [5.74, 6) is 0. The van der Waals surface area contributed by atoms with E-state index in [9.17, 15) is 18.0 Å². The molecule has 1 atom stereocenters. The minimum atomic E-state index is -4.60. The number of thioether (sulfide) groups is 1. The van der Waals surface area contributed by atoms with Crippen LogP contribution in [0.1, 0.15) is 20.8 Å². The molecule has 0 radical (unpaired) electrons. The number of carbonyl (C=O) groups is 1. The van der Waals surface area contributed by atoms with Crippen molar-refractivity contribution in [2.24, 2.45) is 0 Å². The van der Waals surface area contributed by atoms with Crippen molar-refractivity contribution in [3.05, 3.63) is 24.3 Å². The number of amides is 1. The number of carbonyl (C=O) groups excluding carboxylic acids is 1. The van der Waals surface area contributed by atoms with Gasteiger partial charge >= 0.3 is 12.4 Å². The molecule has 1 N–H and O–H groups in total. The third-order valence-corrected chi connectivity index (χ3v) is 3.66. The molecule has 0 saturated heterocycles. The van der Waals surface area contributed by atoms with Crippen LogP contribution in [0.3, 0.4) is 0 Å². The van der Waals surface area contributed by atoms with Gasteiger partial charge in [-0.15, -0.1) is 13.2 Å². The van der Waals surface area contributed by atoms with Crippen molar-refractivity contribution in [1.29, 1.82) is 0 Å². The summed E-state index contributed by atoms with van der Waals surface area (Å²) in [7, 11) is 0. The summed E-state index contributed by atoms with van der Waals surface area (Å²) < 4.78 is 44.6. The fourth-order valence-corrected chi connectivity index (χ4v) is 3.01. The van der Waals surface area contributed by atoms with Crippen LogP contribution in [0.25, 0.3) is 0 Å². The topological polar surface area (TPSA) is 41.6 Å². The first kappa shape index (κ1) is 15.8. The van der Waals surface area contributed by atoms with E-state index >= 15 is 0 Å². The van der Waals surface area contributed by atoms with Gasteiger partial charge in [-0.1, -0.05) is 23.9 Å². The Morgan fingerprint density at radius 2 is 1.90 bits per heavy atom. The van der Waals surface area contributed by atoms with Crippen LogP contribution in [0.15, 0.2) is 29.2 Å². The fraction of sp³-hybridized carbons (Fsp3) is 0.462. The lowest BCUT2D eigenvalue weighted by Crippen LogP contribution is -2.51. The van der Waals surface area contributed by atoms with Crippen LogP contribution >= 0.6 is 11.8 Å². The number of alkyl carbamates (subject to hydrolysis) is 1. The molecule has 1 heterocycles. The molecule has 0 fully saturated rings. The molecule has 4 nitrogen and oxygen atoms in total. The lowest BCUT2D eigenvalue weighted by atomic mass is 10.2. The largest absolute Gasteiger partial charge is 0.487 e. The van der Waals surface area contributed by atoms with Crippen molar-refractivity contribution in [1.82, 2.24) is 5.32 Å². The SMILES string of the molecule is CC(C)(C)OC(=O)NC1Sc2ccccc2N1C(F)(F)F. The van der Waals surface area contributed by atoms with E-state index in [1.165, 1.54) is 12.1 Å². The number of nitrogens with zero attached hydrogens (tertiary/aromatic N) is 1. The number of anilines is 1. The minimum absolute atomic E-state index is 0.0241. The Balaban J connectivity index is 2.19. The lowest BCUT2D eigenvalue weighted by Gasteiger charge is -2.29. The Labute approximate surface area is 124 Å². The molecule has 8 heteroatoms. The average Bonchev–Trinajstić information content (AvgIpc) is 2.62. The predicted octanol–water partition coefficient (Wildman–Crippen LogP) is 3.93. The second kappa shape index (κ2) is 5.32. The number of rotatable bonds is 1. The van der Waals surface area contributed by atoms with Gasteiger partial charge in [-0.2, -0.15) is 0 Å². The summed E-state index contributed by atoms with van der Waals surface area (Å²) in [5.41, 5.74) is -2.03. The van der Waals surface area contributed by atoms with Gasteiger partial charge in [0.15, 0.2) is 5.50 Å². The van der Waals surface area contributed by atoms with Gasteiger partial charge in [0, 0.05) is 4.90 Å². The number of hydrogen-bond donors (Lipinski definition) is 1. The fourth-order valence-electron chi connectivity index (χ4n) is 1.83. The summed E-state index contributed by atoms with van der Waals surface area (Å²) in [6, 6.07) is 6.12. The molecule has 0 aromatic heterocycles. The Kier molecular flexibility index (Phi) is 4.01. The van der Waals surface area contributed by atoms with E-state index in [1.807, 2.05) is 0 Å². The van der Waals surface area contributed by atoms with Gasteiger partial charge in [-0.05, 0) is 32.9 Å². The number of halogens is 3. The molecule has 1 aliphatic heterocycles. The summed E-state index contributed by atoms with van der Waals surface area (Å²) in [4.78, 5) is 12.4. The van der Waals surface area contributed by atoms with Crippen LogP contribution in [-0.2, 0) is 4.74 Å². The average molecular weight is 320 g/mol. The second-order valence-electron chi connectivity index (χ2n) is 5.42. The molecular weight excluding hydrogens is 305 g/mol. The first-order valence-electron chi connectivity index (χ1n) is 6.19. The highest BCUT2D eigenvalue weighted by molar-refractivity contribution is 8.00. The van der Waals surface area contributed by atoms with E-state index in [-0.39, 0.29) is 10.6 Å². The molecule has 1 aromatic carbocycles. The molecule has 0 saturated carbocycles. The number of benzene rings is 1. The maximum Gasteiger partial charge on any atom is 0.487 e. The normalized spacial score (nSPS) is 18.4. The van der Waals surface area contributed by atoms with Crippen molar-refractivity contribution < 1.29 is 22.7 Å². The number of para-hydroxylation sites is 1. The summed E-state index contributed by atoms with van der Waals surface area (Å²) in [5, 5.41) is 2.25. The van der Waals surface area contributed by atoms with Crippen LogP contribution < -0.4 is 10.2 Å². The maximum absolute atomic E-state index is 13.2. The zero-order chi connectivity index (χ0) is 15.8. The van der Waals surface area contributed by atoms with E-state index in [2.05, 4.69) is 5.32 Å². The van der Waals surface area contributed by atoms with Gasteiger partial charge in [0.1, 0.15) is 5.60 Å². The highest BCUT2D eigenvalue weighted by atomic mass is 32.2. The standard InChI is InChI=1S/C13H15F3N2O2S/c1-12(2,3)20-11(19)17-10-18(13(14,15)16)8-6-4-5-7-9(8)21-10/h4-7,10H,1-3H3,(H,17,19). The van der Waals surface area contributed by atoms with Gasteiger partial charge in [0.05, 0.1) is 5.69 Å². The van der Waals surface area contributed by atoms with Crippen LogP contribution in [-0.4, -0.2) is 23.5 Å². The zero-order valence-electron chi connectivity index (χ0n) is 11.7. The highest BCUT2D eigenvalue weighted by Gasteiger charge is 2.48. The first-order valence-corrected chi connectivity index (χ1v) is 7.07. The number of ether oxygens (including phenoxy) is 1. The molecule has 1 unspecified atom stereocenters. The highest BCUT2D eigenvalue weighted by Crippen LogP contribution is 2.47. The second-order valence-corrected chi connectivity index (χ2v) is 6.54. The predicted molar refractivity (Wildman–Crippen MR) is 74.0 cm³/mol. The van der Waals surface area contributed by atoms with E-state index in [1.54, 1.807) is 32.9 Å². The molecule has 0 spiro atoms. The Hall–Kier alpha value is -1.57. The van der Waals surface area contributed by atoms with Gasteiger partial charge in [-0.25, -0.2) is 4.79 Å². The van der Waals surface area contributed by atoms with Gasteiger partial charge in [0.25, 0.3) is 0 Å². The number of fused-ring (bicyclic) bond motifs is 1. The number of nitrogens with one attached hydrogen (secondary N) is 1. The molecule has 0 bridgehead atoms. The third kappa shape index (κ3) is 3.75. The zero-order valence-corrected chi connectivity index (χ0v) is 12.5. The molecule has 21 heavy (non-hydrogen) atoms. The molecule has 116 valence electrons. The van der Waals surface area contributed by atoms with E-state index in [0.717, 1.165) is 11.8 Å². The van der Waals surface area contributed by atoms with Gasteiger partial charge < -0.3 is 4.74 Å². The van der Waals surface area contributed by atoms with Crippen molar-refractivity contribution in [3.8, 4) is 0 Å². The molecular formula is C13H15F3N2O2S. The molecule has 1 amide bonds. The van der Waals surface area contributed by atoms with Crippen LogP contribution in [0.2, 0.25) is 0 Å². The molecule has 1 aromatic rings. The Morgan fingerprint density at radius 3 is 2.48 bits per heavy atom. The summed E-state index contributed by atoms with van der Waals surface area (Å²) >= 11 is 0.919.